The van der Waals surface area contributed by atoms with Crippen LogP contribution in [0.1, 0.15) is 231 Å². The summed E-state index contributed by atoms with van der Waals surface area (Å²) in [6.07, 6.45) is 16.8. The highest BCUT2D eigenvalue weighted by Crippen LogP contribution is 2.32. The maximum absolute atomic E-state index is 13.0. The molecular weight excluding hydrogens is 1610 g/mol. The number of unbranched alkanes of at least 4 members (excludes halogenated alkanes) is 6. The Balaban J connectivity index is 0.000000251. The number of aliphatic hydroxyl groups excluding tert-OH is 1. The van der Waals surface area contributed by atoms with Crippen molar-refractivity contribution in [2.75, 3.05) is 66.1 Å². The predicted molar refractivity (Wildman–Crippen MR) is 469 cm³/mol. The Hall–Kier alpha value is -13.6. The fourth-order valence-electron chi connectivity index (χ4n) is 10.6. The van der Waals surface area contributed by atoms with Gasteiger partial charge in [0, 0.05) is 13.0 Å². The molecule has 0 amide bonds. The van der Waals surface area contributed by atoms with Crippen molar-refractivity contribution in [3.05, 3.63) is 276 Å². The monoisotopic (exact) mass is 1710 g/mol. The van der Waals surface area contributed by atoms with Crippen LogP contribution in [0.25, 0.3) is 0 Å². The quantitative estimate of drug-likeness (QED) is 0.0118. The van der Waals surface area contributed by atoms with Gasteiger partial charge >= 0.3 is 53.7 Å². The summed E-state index contributed by atoms with van der Waals surface area (Å²) < 4.78 is 82.3. The molecule has 1 heterocycles. The van der Waals surface area contributed by atoms with Crippen molar-refractivity contribution >= 4 is 53.7 Å². The van der Waals surface area contributed by atoms with Crippen molar-refractivity contribution in [3.8, 4) is 69.0 Å². The molecule has 0 aliphatic carbocycles. The van der Waals surface area contributed by atoms with Crippen molar-refractivity contribution in [2.24, 2.45) is 0 Å². The second-order valence-electron chi connectivity index (χ2n) is 27.9. The SMILES string of the molecule is C=CCCO.C=CCCOC(=O)c1cc(OC(=O)c2ccc(OCCCC)cc2)ccc1OC(=O)c1ccc(OCCCC)cc1.CCCCOc1ccc(C(=O)Oc2ccc(OC(=O)c3ccc(OCCCC)cc3)c(C(=O)O)c2)cc1.CCCCOc1ccc(C(=O)Oc2ccc(OC(=O)c3ccc(OCCCC)cc3)c(C(=O)OCCC3CO3)c2)cc1. The van der Waals surface area contributed by atoms with Gasteiger partial charge in [-0.25, -0.2) is 43.2 Å². The molecule has 9 aromatic carbocycles. The molecule has 0 aromatic heterocycles. The van der Waals surface area contributed by atoms with E-state index < -0.39 is 53.7 Å². The van der Waals surface area contributed by atoms with Gasteiger partial charge in [-0.2, -0.15) is 0 Å². The number of carbonyl (C=O) groups is 9. The molecule has 1 aliphatic rings. The molecule has 2 N–H and O–H groups in total. The zero-order valence-corrected chi connectivity index (χ0v) is 71.6. The molecule has 0 radical (unpaired) electrons. The summed E-state index contributed by atoms with van der Waals surface area (Å²) in [4.78, 5) is 114. The molecule has 125 heavy (non-hydrogen) atoms. The Morgan fingerprint density at radius 3 is 0.768 bits per heavy atom. The van der Waals surface area contributed by atoms with Gasteiger partial charge in [-0.05, 0) is 252 Å². The van der Waals surface area contributed by atoms with Gasteiger partial charge in [0.05, 0.1) is 98.9 Å². The number of carbonyl (C=O) groups excluding carboxylic acids is 8. The molecule has 9 aromatic rings. The van der Waals surface area contributed by atoms with Gasteiger partial charge in [0.2, 0.25) is 0 Å². The van der Waals surface area contributed by atoms with Crippen LogP contribution >= 0.6 is 0 Å². The number of carboxylic acids is 1. The Kier molecular flexibility index (Phi) is 43.7. The minimum absolute atomic E-state index is 0.000878. The first-order valence-corrected chi connectivity index (χ1v) is 41.9. The third kappa shape index (κ3) is 35.4. The Labute approximate surface area is 729 Å². The van der Waals surface area contributed by atoms with Gasteiger partial charge in [-0.1, -0.05) is 92.2 Å². The highest BCUT2D eigenvalue weighted by molar-refractivity contribution is 6.00. The maximum atomic E-state index is 13.0. The van der Waals surface area contributed by atoms with Crippen LogP contribution in [0.5, 0.6) is 69.0 Å². The number of ether oxygens (including phenoxy) is 15. The fourth-order valence-corrected chi connectivity index (χ4v) is 10.6. The van der Waals surface area contributed by atoms with Crippen LogP contribution < -0.4 is 56.8 Å². The molecule has 26 heteroatoms. The summed E-state index contributed by atoms with van der Waals surface area (Å²) in [6.45, 7) is 24.1. The van der Waals surface area contributed by atoms with E-state index in [9.17, 15) is 48.3 Å². The zero-order valence-electron chi connectivity index (χ0n) is 71.6. The number of epoxide rings is 1. The lowest BCUT2D eigenvalue weighted by Gasteiger charge is -2.13. The molecule has 1 atom stereocenters. The first kappa shape index (κ1) is 98.5. The van der Waals surface area contributed by atoms with Gasteiger partial charge in [0.1, 0.15) is 85.7 Å². The summed E-state index contributed by atoms with van der Waals surface area (Å²) in [6, 6.07) is 51.2. The molecule has 1 fully saturated rings. The summed E-state index contributed by atoms with van der Waals surface area (Å²) in [5.74, 6) is -2.94. The average Bonchev–Trinajstić information content (AvgIpc) is 1.61. The first-order valence-electron chi connectivity index (χ1n) is 41.9. The smallest absolute Gasteiger partial charge is 0.343 e. The van der Waals surface area contributed by atoms with E-state index in [0.29, 0.717) is 111 Å². The van der Waals surface area contributed by atoms with E-state index >= 15 is 0 Å². The summed E-state index contributed by atoms with van der Waals surface area (Å²) in [7, 11) is 0. The summed E-state index contributed by atoms with van der Waals surface area (Å²) >= 11 is 0. The van der Waals surface area contributed by atoms with Crippen LogP contribution in [0, 0.1) is 0 Å². The third-order valence-electron chi connectivity index (χ3n) is 17.9. The number of rotatable bonds is 47. The van der Waals surface area contributed by atoms with E-state index in [1.165, 1.54) is 48.5 Å². The Morgan fingerprint density at radius 1 is 0.312 bits per heavy atom. The van der Waals surface area contributed by atoms with E-state index in [-0.39, 0.29) is 99.4 Å². The standard InChI is InChI=1S/C33H36O9.C33H36O8.C29H30O8.C4H8O/c1-3-5-18-37-25-11-7-23(8-12-25)31(34)41-27-15-16-30(29(21-27)33(36)39-20-17-28-22-40-28)42-32(35)24-9-13-26(14-10-24)38-19-6-4-2;1-4-7-20-37-26-14-10-24(11-15-26)31(34)40-28-18-19-30(29(23-28)33(36)39-22-9-6-3)41-32(35)25-12-16-27(17-13-25)38-21-8-5-2;1-3-5-17-34-22-11-7-20(8-12-22)28(32)36-24-15-16-26(25(19-24)27(30)31)37-29(33)21-9-13-23(14-10-21)35-18-6-4-2;1-2-3-4-5/h7-16,21,28H,3-6,17-20,22H2,1-2H3;6,10-19,23H,3-5,7-9,20-22H2,1-2H3;7-16,19H,3-6,17-18H2,1-2H3,(H,30,31);2,5H,1,3-4H2. The predicted octanol–water partition coefficient (Wildman–Crippen LogP) is 20.4. The first-order chi connectivity index (χ1) is 60.7. The normalized spacial score (nSPS) is 11.4. The minimum Gasteiger partial charge on any atom is -0.494 e. The highest BCUT2D eigenvalue weighted by Gasteiger charge is 2.27. The van der Waals surface area contributed by atoms with Crippen LogP contribution in [0.4, 0.5) is 0 Å². The summed E-state index contributed by atoms with van der Waals surface area (Å²) in [5.41, 5.74) is 1.24. The van der Waals surface area contributed by atoms with E-state index in [1.807, 2.05) is 0 Å². The molecule has 662 valence electrons. The zero-order chi connectivity index (χ0) is 89.9. The summed E-state index contributed by atoms with van der Waals surface area (Å²) in [5, 5.41) is 17.6. The maximum Gasteiger partial charge on any atom is 0.343 e. The number of aromatic carboxylic acids is 1. The van der Waals surface area contributed by atoms with E-state index in [4.69, 9.17) is 76.2 Å². The number of benzene rings is 9. The van der Waals surface area contributed by atoms with Gasteiger partial charge in [0.25, 0.3) is 0 Å². The minimum atomic E-state index is -1.34. The van der Waals surface area contributed by atoms with Crippen molar-refractivity contribution in [1.29, 1.82) is 0 Å². The number of esters is 8. The molecule has 0 saturated carbocycles. The number of hydrogen-bond acceptors (Lipinski definition) is 25. The molecule has 0 bridgehead atoms. The molecule has 0 spiro atoms. The topological polar surface area (TPSA) is 336 Å². The average molecular weight is 1720 g/mol. The molecular formula is C99H110O26. The van der Waals surface area contributed by atoms with E-state index in [2.05, 4.69) is 54.7 Å². The van der Waals surface area contributed by atoms with Gasteiger partial charge in [-0.3, -0.25) is 0 Å². The van der Waals surface area contributed by atoms with Crippen LogP contribution in [-0.4, -0.2) is 136 Å². The Morgan fingerprint density at radius 2 is 0.544 bits per heavy atom. The fraction of sp³-hybridized carbons (Fsp3) is 0.323. The number of carboxylic acid groups (broad SMARTS) is 1. The van der Waals surface area contributed by atoms with Crippen molar-refractivity contribution < 1.29 is 124 Å². The van der Waals surface area contributed by atoms with Crippen molar-refractivity contribution in [1.82, 2.24) is 0 Å². The van der Waals surface area contributed by atoms with Crippen LogP contribution in [0.2, 0.25) is 0 Å². The van der Waals surface area contributed by atoms with E-state index in [0.717, 1.165) is 83.1 Å². The van der Waals surface area contributed by atoms with Crippen molar-refractivity contribution in [2.45, 2.75) is 144 Å². The second kappa shape index (κ2) is 55.4. The largest absolute Gasteiger partial charge is 0.494 e. The van der Waals surface area contributed by atoms with Crippen LogP contribution in [0.15, 0.2) is 226 Å². The number of aliphatic hydroxyl groups is 1. The molecule has 1 unspecified atom stereocenters. The third-order valence-corrected chi connectivity index (χ3v) is 17.9. The molecule has 26 nitrogen and oxygen atoms in total. The molecule has 1 aliphatic heterocycles. The Bertz CT molecular complexity index is 4880. The highest BCUT2D eigenvalue weighted by atomic mass is 16.6. The van der Waals surface area contributed by atoms with Crippen LogP contribution in [-0.2, 0) is 14.2 Å². The van der Waals surface area contributed by atoms with E-state index in [1.54, 1.807) is 158 Å². The van der Waals surface area contributed by atoms with Crippen LogP contribution in [0.3, 0.4) is 0 Å². The molecule has 10 rings (SSSR count). The van der Waals surface area contributed by atoms with Gasteiger partial charge in [-0.15, -0.1) is 13.2 Å². The lowest BCUT2D eigenvalue weighted by molar-refractivity contribution is 0.0480. The van der Waals surface area contributed by atoms with Crippen molar-refractivity contribution in [3.63, 3.8) is 0 Å². The molecule has 1 saturated heterocycles. The lowest BCUT2D eigenvalue weighted by atomic mass is 10.1. The van der Waals surface area contributed by atoms with Gasteiger partial charge in [0.15, 0.2) is 0 Å². The second-order valence-corrected chi connectivity index (χ2v) is 27.9. The van der Waals surface area contributed by atoms with Gasteiger partial charge < -0.3 is 81.3 Å². The number of hydrogen-bond donors (Lipinski definition) is 2. The lowest BCUT2D eigenvalue weighted by Crippen LogP contribution is -2.15.